The molecular formula is C21H23N7O2. The van der Waals surface area contributed by atoms with Gasteiger partial charge in [-0.3, -0.25) is 0 Å². The van der Waals surface area contributed by atoms with Crippen molar-refractivity contribution >= 4 is 17.0 Å². The predicted molar refractivity (Wildman–Crippen MR) is 111 cm³/mol. The molecule has 0 aliphatic carbocycles. The summed E-state index contributed by atoms with van der Waals surface area (Å²) in [4.78, 5) is 17.8. The lowest BCUT2D eigenvalue weighted by atomic mass is 10.1. The van der Waals surface area contributed by atoms with E-state index in [-0.39, 0.29) is 12.6 Å². The van der Waals surface area contributed by atoms with Gasteiger partial charge in [0, 0.05) is 18.2 Å². The minimum Gasteiger partial charge on any atom is -0.454 e. The Hall–Kier alpha value is -3.62. The molecule has 0 unspecified atom stereocenters. The van der Waals surface area contributed by atoms with Crippen molar-refractivity contribution in [3.8, 4) is 11.3 Å². The van der Waals surface area contributed by atoms with Crippen LogP contribution < -0.4 is 0 Å². The van der Waals surface area contributed by atoms with Crippen LogP contribution in [0.1, 0.15) is 49.4 Å². The Kier molecular flexibility index (Phi) is 5.51. The van der Waals surface area contributed by atoms with Crippen LogP contribution in [0.25, 0.3) is 22.3 Å². The van der Waals surface area contributed by atoms with E-state index in [1.165, 1.54) is 0 Å². The topological polar surface area (TPSA) is 101 Å². The fourth-order valence-electron chi connectivity index (χ4n) is 3.24. The van der Waals surface area contributed by atoms with Crippen LogP contribution in [0.15, 0.2) is 42.6 Å². The van der Waals surface area contributed by atoms with Gasteiger partial charge in [-0.15, -0.1) is 5.10 Å². The zero-order valence-corrected chi connectivity index (χ0v) is 17.2. The van der Waals surface area contributed by atoms with Gasteiger partial charge < -0.3 is 4.74 Å². The Morgan fingerprint density at radius 1 is 1.20 bits per heavy atom. The van der Waals surface area contributed by atoms with Crippen molar-refractivity contribution in [1.29, 1.82) is 0 Å². The Bertz CT molecular complexity index is 1160. The van der Waals surface area contributed by atoms with Crippen molar-refractivity contribution in [3.05, 3.63) is 54.0 Å². The molecule has 0 amide bonds. The highest BCUT2D eigenvalue weighted by Crippen LogP contribution is 2.27. The highest BCUT2D eigenvalue weighted by molar-refractivity contribution is 6.03. The molecule has 0 bridgehead atoms. The molecule has 30 heavy (non-hydrogen) atoms. The van der Waals surface area contributed by atoms with Gasteiger partial charge in [0.05, 0.1) is 22.8 Å². The highest BCUT2D eigenvalue weighted by atomic mass is 16.5. The number of hydrogen-bond acceptors (Lipinski definition) is 7. The van der Waals surface area contributed by atoms with E-state index in [0.717, 1.165) is 12.0 Å². The van der Waals surface area contributed by atoms with E-state index in [1.807, 2.05) is 51.1 Å². The maximum atomic E-state index is 13.0. The van der Waals surface area contributed by atoms with Gasteiger partial charge in [-0.05, 0) is 36.8 Å². The smallest absolute Gasteiger partial charge is 0.339 e. The van der Waals surface area contributed by atoms with Crippen molar-refractivity contribution in [2.75, 3.05) is 0 Å². The van der Waals surface area contributed by atoms with E-state index in [0.29, 0.717) is 34.7 Å². The van der Waals surface area contributed by atoms with Gasteiger partial charge in [0.2, 0.25) is 0 Å². The van der Waals surface area contributed by atoms with Crippen LogP contribution in [0.4, 0.5) is 0 Å². The third-order valence-corrected chi connectivity index (χ3v) is 4.72. The lowest BCUT2D eigenvalue weighted by molar-refractivity contribution is 0.0458. The van der Waals surface area contributed by atoms with E-state index in [1.54, 1.807) is 21.6 Å². The summed E-state index contributed by atoms with van der Waals surface area (Å²) in [7, 11) is 0. The fraction of sp³-hybridized carbons (Fsp3) is 0.333. The van der Waals surface area contributed by atoms with Gasteiger partial charge in [-0.2, -0.15) is 5.10 Å². The van der Waals surface area contributed by atoms with Crippen LogP contribution in [0.5, 0.6) is 0 Å². The largest absolute Gasteiger partial charge is 0.454 e. The Balaban J connectivity index is 1.71. The first-order chi connectivity index (χ1) is 14.6. The molecule has 1 aromatic carbocycles. The molecule has 4 rings (SSSR count). The second kappa shape index (κ2) is 8.40. The summed E-state index contributed by atoms with van der Waals surface area (Å²) in [6.45, 7) is 6.74. The number of nitrogens with zero attached hydrogens (tertiary/aromatic N) is 7. The third-order valence-electron chi connectivity index (χ3n) is 4.72. The number of carbonyl (C=O) groups is 1. The molecule has 0 saturated heterocycles. The van der Waals surface area contributed by atoms with E-state index in [2.05, 4.69) is 20.6 Å². The van der Waals surface area contributed by atoms with Crippen LogP contribution in [0.2, 0.25) is 0 Å². The average molecular weight is 405 g/mol. The molecule has 0 aliphatic rings. The second-order valence-electron chi connectivity index (χ2n) is 7.24. The van der Waals surface area contributed by atoms with Crippen LogP contribution in [0, 0.1) is 0 Å². The molecule has 0 radical (unpaired) electrons. The maximum Gasteiger partial charge on any atom is 0.339 e. The molecule has 0 aliphatic heterocycles. The van der Waals surface area contributed by atoms with E-state index < -0.39 is 5.97 Å². The average Bonchev–Trinajstić information content (AvgIpc) is 3.39. The number of tetrazole rings is 1. The van der Waals surface area contributed by atoms with Crippen LogP contribution in [-0.2, 0) is 17.9 Å². The molecule has 4 aromatic rings. The number of pyridine rings is 1. The quantitative estimate of drug-likeness (QED) is 0.434. The summed E-state index contributed by atoms with van der Waals surface area (Å²) < 4.78 is 9.01. The van der Waals surface area contributed by atoms with Crippen molar-refractivity contribution in [2.45, 2.75) is 46.4 Å². The summed E-state index contributed by atoms with van der Waals surface area (Å²) in [5, 5.41) is 16.6. The van der Waals surface area contributed by atoms with Crippen molar-refractivity contribution in [3.63, 3.8) is 0 Å². The highest BCUT2D eigenvalue weighted by Gasteiger charge is 2.20. The molecule has 154 valence electrons. The Labute approximate surface area is 173 Å². The summed E-state index contributed by atoms with van der Waals surface area (Å²) in [6.07, 6.45) is 2.54. The van der Waals surface area contributed by atoms with E-state index >= 15 is 0 Å². The number of rotatable bonds is 7. The first-order valence-electron chi connectivity index (χ1n) is 9.94. The SMILES string of the molecule is CCCn1nnnc1COC(=O)c1cc(-c2ccccc2)nc2c1cnn2C(C)C. The van der Waals surface area contributed by atoms with Crippen LogP contribution in [0.3, 0.4) is 0 Å². The summed E-state index contributed by atoms with van der Waals surface area (Å²) in [5.74, 6) is 0.0468. The van der Waals surface area contributed by atoms with Gasteiger partial charge in [0.25, 0.3) is 0 Å². The first kappa shape index (κ1) is 19.7. The zero-order chi connectivity index (χ0) is 21.1. The number of benzene rings is 1. The third kappa shape index (κ3) is 3.78. The number of aryl methyl sites for hydroxylation is 1. The van der Waals surface area contributed by atoms with Gasteiger partial charge in [0.1, 0.15) is 0 Å². The molecule has 3 aromatic heterocycles. The van der Waals surface area contributed by atoms with Gasteiger partial charge in [-0.1, -0.05) is 37.3 Å². The lowest BCUT2D eigenvalue weighted by Crippen LogP contribution is -2.12. The van der Waals surface area contributed by atoms with Crippen molar-refractivity contribution in [1.82, 2.24) is 35.0 Å². The minimum absolute atomic E-state index is 0.00532. The Morgan fingerprint density at radius 2 is 2.00 bits per heavy atom. The normalized spacial score (nSPS) is 11.3. The van der Waals surface area contributed by atoms with Crippen molar-refractivity contribution in [2.24, 2.45) is 0 Å². The first-order valence-corrected chi connectivity index (χ1v) is 9.94. The predicted octanol–water partition coefficient (Wildman–Crippen LogP) is 3.43. The maximum absolute atomic E-state index is 13.0. The number of esters is 1. The second-order valence-corrected chi connectivity index (χ2v) is 7.24. The molecular weight excluding hydrogens is 382 g/mol. The van der Waals surface area contributed by atoms with Crippen molar-refractivity contribution < 1.29 is 9.53 Å². The number of aromatic nitrogens is 7. The number of hydrogen-bond donors (Lipinski definition) is 0. The molecule has 0 spiro atoms. The molecule has 0 saturated carbocycles. The minimum atomic E-state index is -0.464. The van der Waals surface area contributed by atoms with Gasteiger partial charge in [-0.25, -0.2) is 19.1 Å². The monoisotopic (exact) mass is 405 g/mol. The lowest BCUT2D eigenvalue weighted by Gasteiger charge is -2.11. The molecule has 0 N–H and O–H groups in total. The van der Waals surface area contributed by atoms with Gasteiger partial charge >= 0.3 is 5.97 Å². The molecule has 0 atom stereocenters. The number of carbonyl (C=O) groups excluding carboxylic acids is 1. The number of ether oxygens (including phenoxy) is 1. The summed E-state index contributed by atoms with van der Waals surface area (Å²) in [6, 6.07) is 11.6. The van der Waals surface area contributed by atoms with Gasteiger partial charge in [0.15, 0.2) is 18.1 Å². The summed E-state index contributed by atoms with van der Waals surface area (Å²) in [5.41, 5.74) is 2.67. The fourth-order valence-corrected chi connectivity index (χ4v) is 3.24. The number of fused-ring (bicyclic) bond motifs is 1. The molecule has 0 fully saturated rings. The van der Waals surface area contributed by atoms with E-state index in [4.69, 9.17) is 9.72 Å². The zero-order valence-electron chi connectivity index (χ0n) is 17.2. The molecule has 9 nitrogen and oxygen atoms in total. The molecule has 3 heterocycles. The standard InChI is InChI=1S/C21H23N7O2/c1-4-10-27-19(24-25-26-27)13-30-21(29)16-11-18(15-8-6-5-7-9-15)23-20-17(16)12-22-28(20)14(2)3/h5-9,11-12,14H,4,10,13H2,1-3H3. The Morgan fingerprint density at radius 3 is 2.73 bits per heavy atom. The van der Waals surface area contributed by atoms with E-state index in [9.17, 15) is 4.79 Å². The van der Waals surface area contributed by atoms with Crippen LogP contribution >= 0.6 is 0 Å². The summed E-state index contributed by atoms with van der Waals surface area (Å²) >= 11 is 0. The molecule has 9 heteroatoms. The van der Waals surface area contributed by atoms with Crippen LogP contribution in [-0.4, -0.2) is 40.9 Å².